The van der Waals surface area contributed by atoms with Crippen LogP contribution in [0.25, 0.3) is 0 Å². The third-order valence-electron chi connectivity index (χ3n) is 3.08. The minimum Gasteiger partial charge on any atom is -0.465 e. The fraction of sp³-hybridized carbons (Fsp3) is 0.615. The first-order chi connectivity index (χ1) is 9.77. The highest BCUT2D eigenvalue weighted by molar-refractivity contribution is 9.10. The maximum absolute atomic E-state index is 12.8. The summed E-state index contributed by atoms with van der Waals surface area (Å²) >= 11 is 4.20. The summed E-state index contributed by atoms with van der Waals surface area (Å²) in [5.41, 5.74) is 0. The van der Waals surface area contributed by atoms with E-state index in [1.54, 1.807) is 4.31 Å². The van der Waals surface area contributed by atoms with Crippen molar-refractivity contribution < 1.29 is 17.9 Å². The third kappa shape index (κ3) is 3.67. The summed E-state index contributed by atoms with van der Waals surface area (Å²) in [6, 6.07) is 1.59. The molecule has 0 unspecified atom stereocenters. The number of methoxy groups -OCH3 is 1. The molecule has 1 heterocycles. The van der Waals surface area contributed by atoms with Crippen molar-refractivity contribution in [2.75, 3.05) is 13.7 Å². The number of ether oxygens (including phenoxy) is 1. The van der Waals surface area contributed by atoms with Crippen LogP contribution in [0.1, 0.15) is 36.4 Å². The SMILES string of the molecule is COC(=O)c1cc(Br)c(S(=O)(=O)N(CC(C)C)C2CC2)s1. The molecule has 2 rings (SSSR count). The molecule has 5 nitrogen and oxygen atoms in total. The number of thiophene rings is 1. The lowest BCUT2D eigenvalue weighted by atomic mass is 10.2. The molecule has 0 N–H and O–H groups in total. The molecule has 0 bridgehead atoms. The first kappa shape index (κ1) is 16.9. The van der Waals surface area contributed by atoms with Gasteiger partial charge in [0.25, 0.3) is 10.0 Å². The number of carbonyl (C=O) groups is 1. The van der Waals surface area contributed by atoms with Crippen molar-refractivity contribution in [3.8, 4) is 0 Å². The van der Waals surface area contributed by atoms with Gasteiger partial charge >= 0.3 is 5.97 Å². The van der Waals surface area contributed by atoms with Crippen molar-refractivity contribution in [1.29, 1.82) is 0 Å². The average Bonchev–Trinajstić information content (AvgIpc) is 3.16. The van der Waals surface area contributed by atoms with E-state index < -0.39 is 16.0 Å². The van der Waals surface area contributed by atoms with Gasteiger partial charge in [-0.25, -0.2) is 13.2 Å². The number of rotatable bonds is 6. The van der Waals surface area contributed by atoms with E-state index in [9.17, 15) is 13.2 Å². The van der Waals surface area contributed by atoms with Gasteiger partial charge in [0.2, 0.25) is 0 Å². The molecule has 1 aromatic rings. The number of nitrogens with zero attached hydrogens (tertiary/aromatic N) is 1. The molecule has 1 fully saturated rings. The Morgan fingerprint density at radius 2 is 2.14 bits per heavy atom. The fourth-order valence-electron chi connectivity index (χ4n) is 2.00. The zero-order valence-electron chi connectivity index (χ0n) is 12.1. The van der Waals surface area contributed by atoms with Gasteiger partial charge < -0.3 is 4.74 Å². The van der Waals surface area contributed by atoms with Gasteiger partial charge in [-0.2, -0.15) is 4.31 Å². The zero-order chi connectivity index (χ0) is 15.8. The quantitative estimate of drug-likeness (QED) is 0.694. The van der Waals surface area contributed by atoms with E-state index in [1.165, 1.54) is 13.2 Å². The van der Waals surface area contributed by atoms with Gasteiger partial charge in [-0.05, 0) is 40.8 Å². The van der Waals surface area contributed by atoms with Crippen molar-refractivity contribution in [2.45, 2.75) is 36.9 Å². The lowest BCUT2D eigenvalue weighted by Gasteiger charge is -2.23. The second kappa shape index (κ2) is 6.36. The minimum atomic E-state index is -3.59. The maximum Gasteiger partial charge on any atom is 0.348 e. The highest BCUT2D eigenvalue weighted by Crippen LogP contribution is 2.38. The monoisotopic (exact) mass is 395 g/mol. The van der Waals surface area contributed by atoms with Crippen molar-refractivity contribution in [3.05, 3.63) is 15.4 Å². The number of hydrogen-bond acceptors (Lipinski definition) is 5. The predicted octanol–water partition coefficient (Wildman–Crippen LogP) is 3.11. The highest BCUT2D eigenvalue weighted by Gasteiger charge is 2.40. The van der Waals surface area contributed by atoms with Gasteiger partial charge in [0, 0.05) is 17.1 Å². The summed E-state index contributed by atoms with van der Waals surface area (Å²) in [6.07, 6.45) is 1.80. The van der Waals surface area contributed by atoms with Crippen molar-refractivity contribution >= 4 is 43.3 Å². The van der Waals surface area contributed by atoms with E-state index >= 15 is 0 Å². The third-order valence-corrected chi connectivity index (χ3v) is 7.78. The van der Waals surface area contributed by atoms with Crippen LogP contribution >= 0.6 is 27.3 Å². The fourth-order valence-corrected chi connectivity index (χ4v) is 6.53. The zero-order valence-corrected chi connectivity index (χ0v) is 15.3. The molecule has 1 aliphatic carbocycles. The van der Waals surface area contributed by atoms with E-state index in [0.717, 1.165) is 24.2 Å². The lowest BCUT2D eigenvalue weighted by Crippen LogP contribution is -2.35. The molecule has 0 amide bonds. The Bertz CT molecular complexity index is 635. The smallest absolute Gasteiger partial charge is 0.348 e. The normalized spacial score (nSPS) is 15.7. The maximum atomic E-state index is 12.8. The molecule has 0 spiro atoms. The van der Waals surface area contributed by atoms with Gasteiger partial charge in [0.05, 0.1) is 7.11 Å². The van der Waals surface area contributed by atoms with Crippen LogP contribution in [0, 0.1) is 5.92 Å². The molecule has 0 aromatic carbocycles. The molecule has 1 aromatic heterocycles. The first-order valence-corrected chi connectivity index (χ1v) is 9.71. The minimum absolute atomic E-state index is 0.0907. The molecule has 0 atom stereocenters. The first-order valence-electron chi connectivity index (χ1n) is 6.66. The number of esters is 1. The Hall–Kier alpha value is -0.440. The second-order valence-corrected chi connectivity index (χ2v) is 9.43. The number of hydrogen-bond donors (Lipinski definition) is 0. The summed E-state index contributed by atoms with van der Waals surface area (Å²) in [5, 5.41) is 0. The van der Waals surface area contributed by atoms with Crippen LogP contribution in [-0.4, -0.2) is 38.4 Å². The van der Waals surface area contributed by atoms with Crippen LogP contribution in [-0.2, 0) is 14.8 Å². The Kier molecular flexibility index (Phi) is 5.12. The topological polar surface area (TPSA) is 63.7 Å². The highest BCUT2D eigenvalue weighted by atomic mass is 79.9. The standard InChI is InChI=1S/C13H18BrNO4S2/c1-8(2)7-15(9-4-5-9)21(17,18)13-10(14)6-11(20-13)12(16)19-3/h6,8-9H,4-5,7H2,1-3H3. The van der Waals surface area contributed by atoms with Crippen LogP contribution < -0.4 is 0 Å². The van der Waals surface area contributed by atoms with E-state index in [-0.39, 0.29) is 21.0 Å². The van der Waals surface area contributed by atoms with Crippen molar-refractivity contribution in [2.24, 2.45) is 5.92 Å². The summed E-state index contributed by atoms with van der Waals surface area (Å²) < 4.78 is 32.5. The van der Waals surface area contributed by atoms with Gasteiger partial charge in [0.15, 0.2) is 0 Å². The summed E-state index contributed by atoms with van der Waals surface area (Å²) in [5.74, 6) is -0.275. The Morgan fingerprint density at radius 3 is 2.62 bits per heavy atom. The molecule has 0 saturated heterocycles. The van der Waals surface area contributed by atoms with Gasteiger partial charge in [-0.15, -0.1) is 11.3 Å². The van der Waals surface area contributed by atoms with Gasteiger partial charge in [-0.1, -0.05) is 13.8 Å². The van der Waals surface area contributed by atoms with Crippen molar-refractivity contribution in [1.82, 2.24) is 4.31 Å². The Labute approximate surface area is 137 Å². The molecule has 1 aliphatic rings. The van der Waals surface area contributed by atoms with Crippen LogP contribution in [0.15, 0.2) is 14.7 Å². The largest absolute Gasteiger partial charge is 0.465 e. The van der Waals surface area contributed by atoms with Gasteiger partial charge in [0.1, 0.15) is 9.09 Å². The van der Waals surface area contributed by atoms with Gasteiger partial charge in [-0.3, -0.25) is 0 Å². The Balaban J connectivity index is 2.38. The number of halogens is 1. The lowest BCUT2D eigenvalue weighted by molar-refractivity contribution is 0.0606. The van der Waals surface area contributed by atoms with Crippen molar-refractivity contribution in [3.63, 3.8) is 0 Å². The molecular formula is C13H18BrNO4S2. The molecule has 21 heavy (non-hydrogen) atoms. The van der Waals surface area contributed by atoms with E-state index in [4.69, 9.17) is 0 Å². The summed E-state index contributed by atoms with van der Waals surface area (Å²) in [7, 11) is -2.31. The molecule has 0 aliphatic heterocycles. The summed E-state index contributed by atoms with van der Waals surface area (Å²) in [6.45, 7) is 4.48. The van der Waals surface area contributed by atoms with Crippen LogP contribution in [0.3, 0.4) is 0 Å². The number of sulfonamides is 1. The molecule has 8 heteroatoms. The van der Waals surface area contributed by atoms with E-state index in [0.29, 0.717) is 11.0 Å². The number of carbonyl (C=O) groups excluding carboxylic acids is 1. The Morgan fingerprint density at radius 1 is 1.52 bits per heavy atom. The predicted molar refractivity (Wildman–Crippen MR) is 85.1 cm³/mol. The molecule has 118 valence electrons. The molecule has 0 radical (unpaired) electrons. The van der Waals surface area contributed by atoms with Crippen LogP contribution in [0.5, 0.6) is 0 Å². The molecule has 1 saturated carbocycles. The van der Waals surface area contributed by atoms with E-state index in [2.05, 4.69) is 20.7 Å². The van der Waals surface area contributed by atoms with Crippen LogP contribution in [0.2, 0.25) is 0 Å². The summed E-state index contributed by atoms with van der Waals surface area (Å²) in [4.78, 5) is 11.8. The van der Waals surface area contributed by atoms with Crippen LogP contribution in [0.4, 0.5) is 0 Å². The second-order valence-electron chi connectivity index (χ2n) is 5.44. The average molecular weight is 396 g/mol. The molecular weight excluding hydrogens is 378 g/mol. The van der Waals surface area contributed by atoms with E-state index in [1.807, 2.05) is 13.8 Å².